The van der Waals surface area contributed by atoms with Crippen LogP contribution in [0.25, 0.3) is 23.3 Å². The number of anilines is 1. The van der Waals surface area contributed by atoms with Crippen molar-refractivity contribution in [1.82, 2.24) is 4.98 Å². The van der Waals surface area contributed by atoms with Crippen molar-refractivity contribution in [2.75, 3.05) is 5.73 Å². The molecule has 0 radical (unpaired) electrons. The Kier molecular flexibility index (Phi) is 3.24. The van der Waals surface area contributed by atoms with Gasteiger partial charge in [-0.3, -0.25) is 0 Å². The van der Waals surface area contributed by atoms with Gasteiger partial charge in [-0.2, -0.15) is 0 Å². The zero-order valence-corrected chi connectivity index (χ0v) is 10.1. The second-order valence-electron chi connectivity index (χ2n) is 3.86. The minimum absolute atomic E-state index is 0.551. The topological polar surface area (TPSA) is 38.9 Å². The molecule has 2 rings (SSSR count). The van der Waals surface area contributed by atoms with Crippen LogP contribution >= 0.6 is 0 Å². The van der Waals surface area contributed by atoms with Crippen molar-refractivity contribution in [3.63, 3.8) is 0 Å². The quantitative estimate of drug-likeness (QED) is 0.804. The lowest BCUT2D eigenvalue weighted by molar-refractivity contribution is 1.33. The van der Waals surface area contributed by atoms with Crippen LogP contribution < -0.4 is 16.2 Å². The molecule has 0 saturated heterocycles. The van der Waals surface area contributed by atoms with E-state index in [1.54, 1.807) is 6.20 Å². The van der Waals surface area contributed by atoms with Gasteiger partial charge < -0.3 is 5.73 Å². The Morgan fingerprint density at radius 3 is 2.59 bits per heavy atom. The van der Waals surface area contributed by atoms with E-state index in [-0.39, 0.29) is 0 Å². The number of nitrogen functional groups attached to an aromatic ring is 1. The molecule has 86 valence electrons. The van der Waals surface area contributed by atoms with Crippen LogP contribution in [0.3, 0.4) is 0 Å². The van der Waals surface area contributed by atoms with Crippen LogP contribution in [0.5, 0.6) is 0 Å². The van der Waals surface area contributed by atoms with Crippen molar-refractivity contribution in [2.45, 2.75) is 13.8 Å². The standard InChI is InChI=1S/C15H16N2/c1-3-11-6-5-7-14(13(11)4-2)12-8-9-17-15(16)10-12/h3-10H,1-2H3,(H2,16,17)/b11-3-,13-4+. The van der Waals surface area contributed by atoms with E-state index in [0.717, 1.165) is 5.56 Å². The second kappa shape index (κ2) is 4.83. The van der Waals surface area contributed by atoms with Crippen molar-refractivity contribution < 1.29 is 0 Å². The first kappa shape index (κ1) is 11.4. The normalized spacial score (nSPS) is 13.1. The zero-order valence-electron chi connectivity index (χ0n) is 10.1. The summed E-state index contributed by atoms with van der Waals surface area (Å²) in [6.07, 6.45) is 5.98. The number of hydrogen-bond donors (Lipinski definition) is 1. The van der Waals surface area contributed by atoms with E-state index in [0.29, 0.717) is 5.82 Å². The molecular formula is C15H16N2. The van der Waals surface area contributed by atoms with Crippen LogP contribution in [-0.4, -0.2) is 4.98 Å². The molecule has 0 aliphatic rings. The molecule has 2 N–H and O–H groups in total. The zero-order chi connectivity index (χ0) is 12.3. The molecule has 2 nitrogen and oxygen atoms in total. The SMILES string of the molecule is C/C=c1/cccc(-c2ccnc(N)c2)/c1=C/C. The smallest absolute Gasteiger partial charge is 0.123 e. The highest BCUT2D eigenvalue weighted by atomic mass is 14.8. The summed E-state index contributed by atoms with van der Waals surface area (Å²) in [5, 5.41) is 2.47. The summed E-state index contributed by atoms with van der Waals surface area (Å²) in [5.41, 5.74) is 8.03. The Bertz CT molecular complexity index is 642. The predicted molar refractivity (Wildman–Crippen MR) is 73.6 cm³/mol. The number of aromatic nitrogens is 1. The fourth-order valence-corrected chi connectivity index (χ4v) is 2.02. The minimum Gasteiger partial charge on any atom is -0.384 e. The first-order valence-corrected chi connectivity index (χ1v) is 5.70. The third-order valence-electron chi connectivity index (χ3n) is 2.83. The molecule has 0 amide bonds. The van der Waals surface area contributed by atoms with Gasteiger partial charge >= 0.3 is 0 Å². The van der Waals surface area contributed by atoms with Crippen LogP contribution in [0.1, 0.15) is 13.8 Å². The second-order valence-corrected chi connectivity index (χ2v) is 3.86. The van der Waals surface area contributed by atoms with Crippen molar-refractivity contribution >= 4 is 18.0 Å². The molecule has 1 heterocycles. The molecule has 0 unspecified atom stereocenters. The Balaban J connectivity index is 2.78. The minimum atomic E-state index is 0.551. The first-order valence-electron chi connectivity index (χ1n) is 5.70. The molecule has 17 heavy (non-hydrogen) atoms. The summed E-state index contributed by atoms with van der Waals surface area (Å²) in [4.78, 5) is 4.02. The molecule has 2 aromatic rings. The van der Waals surface area contributed by atoms with Gasteiger partial charge in [0.2, 0.25) is 0 Å². The summed E-state index contributed by atoms with van der Waals surface area (Å²) >= 11 is 0. The maximum Gasteiger partial charge on any atom is 0.123 e. The van der Waals surface area contributed by atoms with Gasteiger partial charge in [0, 0.05) is 6.20 Å². The third kappa shape index (κ3) is 2.21. The van der Waals surface area contributed by atoms with Crippen molar-refractivity contribution in [2.24, 2.45) is 0 Å². The Hall–Kier alpha value is -2.09. The molecule has 1 aromatic heterocycles. The maximum atomic E-state index is 5.73. The number of nitrogens with two attached hydrogens (primary N) is 1. The maximum absolute atomic E-state index is 5.73. The van der Waals surface area contributed by atoms with Gasteiger partial charge in [-0.05, 0) is 47.5 Å². The van der Waals surface area contributed by atoms with E-state index in [9.17, 15) is 0 Å². The average molecular weight is 224 g/mol. The Labute approximate surface area is 101 Å². The van der Waals surface area contributed by atoms with E-state index in [1.807, 2.05) is 19.1 Å². The molecule has 0 fully saturated rings. The molecular weight excluding hydrogens is 208 g/mol. The Morgan fingerprint density at radius 1 is 1.12 bits per heavy atom. The van der Waals surface area contributed by atoms with Crippen LogP contribution in [0.4, 0.5) is 5.82 Å². The van der Waals surface area contributed by atoms with Crippen molar-refractivity contribution in [3.8, 4) is 11.1 Å². The van der Waals surface area contributed by atoms with E-state index in [2.05, 4.69) is 42.3 Å². The van der Waals surface area contributed by atoms with Crippen LogP contribution in [-0.2, 0) is 0 Å². The summed E-state index contributed by atoms with van der Waals surface area (Å²) in [6, 6.07) is 10.2. The highest BCUT2D eigenvalue weighted by molar-refractivity contribution is 5.67. The monoisotopic (exact) mass is 224 g/mol. The van der Waals surface area contributed by atoms with Gasteiger partial charge in [0.05, 0.1) is 0 Å². The average Bonchev–Trinajstić information content (AvgIpc) is 2.37. The highest BCUT2D eigenvalue weighted by Gasteiger charge is 2.00. The van der Waals surface area contributed by atoms with Crippen molar-refractivity contribution in [3.05, 3.63) is 47.0 Å². The van der Waals surface area contributed by atoms with E-state index in [4.69, 9.17) is 5.73 Å². The van der Waals surface area contributed by atoms with Crippen LogP contribution in [0.15, 0.2) is 36.5 Å². The molecule has 0 atom stereocenters. The van der Waals surface area contributed by atoms with Gasteiger partial charge in [-0.15, -0.1) is 0 Å². The van der Waals surface area contributed by atoms with E-state index < -0.39 is 0 Å². The van der Waals surface area contributed by atoms with Crippen LogP contribution in [0, 0.1) is 0 Å². The number of rotatable bonds is 1. The molecule has 0 bridgehead atoms. The van der Waals surface area contributed by atoms with Gasteiger partial charge in [-0.1, -0.05) is 30.4 Å². The number of benzene rings is 1. The fraction of sp³-hybridized carbons (Fsp3) is 0.133. The Morgan fingerprint density at radius 2 is 1.94 bits per heavy atom. The predicted octanol–water partition coefficient (Wildman–Crippen LogP) is 1.93. The molecule has 1 aromatic carbocycles. The lowest BCUT2D eigenvalue weighted by atomic mass is 10.0. The highest BCUT2D eigenvalue weighted by Crippen LogP contribution is 2.15. The van der Waals surface area contributed by atoms with Gasteiger partial charge in [-0.25, -0.2) is 4.98 Å². The molecule has 0 spiro atoms. The molecule has 2 heteroatoms. The number of hydrogen-bond acceptors (Lipinski definition) is 2. The molecule has 0 saturated carbocycles. The fourth-order valence-electron chi connectivity index (χ4n) is 2.02. The van der Waals surface area contributed by atoms with Crippen molar-refractivity contribution in [1.29, 1.82) is 0 Å². The summed E-state index contributed by atoms with van der Waals surface area (Å²) in [5.74, 6) is 0.551. The lowest BCUT2D eigenvalue weighted by Crippen LogP contribution is -2.25. The third-order valence-corrected chi connectivity index (χ3v) is 2.83. The first-order chi connectivity index (χ1) is 8.26. The summed E-state index contributed by atoms with van der Waals surface area (Å²) in [7, 11) is 0. The lowest BCUT2D eigenvalue weighted by Gasteiger charge is -2.04. The van der Waals surface area contributed by atoms with E-state index in [1.165, 1.54) is 16.0 Å². The molecule has 0 aliphatic heterocycles. The summed E-state index contributed by atoms with van der Waals surface area (Å²) in [6.45, 7) is 4.10. The van der Waals surface area contributed by atoms with Gasteiger partial charge in [0.25, 0.3) is 0 Å². The van der Waals surface area contributed by atoms with Gasteiger partial charge in [0.1, 0.15) is 5.82 Å². The number of pyridine rings is 1. The van der Waals surface area contributed by atoms with E-state index >= 15 is 0 Å². The largest absolute Gasteiger partial charge is 0.384 e. The van der Waals surface area contributed by atoms with Crippen LogP contribution in [0.2, 0.25) is 0 Å². The van der Waals surface area contributed by atoms with Gasteiger partial charge in [0.15, 0.2) is 0 Å². The summed E-state index contributed by atoms with van der Waals surface area (Å²) < 4.78 is 0. The molecule has 0 aliphatic carbocycles. The number of nitrogens with zero attached hydrogens (tertiary/aromatic N) is 1.